The molecule has 1 amide bonds. The maximum atomic E-state index is 13.0. The predicted octanol–water partition coefficient (Wildman–Crippen LogP) is 2.44. The van der Waals surface area contributed by atoms with E-state index >= 15 is 0 Å². The molecule has 1 N–H and O–H groups in total. The summed E-state index contributed by atoms with van der Waals surface area (Å²) in [5, 5.41) is 2.71. The van der Waals surface area contributed by atoms with Crippen LogP contribution < -0.4 is 10.1 Å². The Morgan fingerprint density at radius 3 is 2.64 bits per heavy atom. The fourth-order valence-electron chi connectivity index (χ4n) is 1.95. The van der Waals surface area contributed by atoms with Gasteiger partial charge in [0.15, 0.2) is 0 Å². The van der Waals surface area contributed by atoms with Gasteiger partial charge in [-0.1, -0.05) is 0 Å². The van der Waals surface area contributed by atoms with Gasteiger partial charge in [0.05, 0.1) is 24.1 Å². The van der Waals surface area contributed by atoms with E-state index < -0.39 is 5.91 Å². The molecular weight excluding hydrogens is 325 g/mol. The quantitative estimate of drug-likeness (QED) is 0.768. The van der Waals surface area contributed by atoms with Crippen molar-refractivity contribution < 1.29 is 13.9 Å². The lowest BCUT2D eigenvalue weighted by atomic mass is 10.3. The number of carbonyl (C=O) groups is 1. The summed E-state index contributed by atoms with van der Waals surface area (Å²) in [7, 11) is 0. The van der Waals surface area contributed by atoms with Crippen molar-refractivity contribution in [3.63, 3.8) is 0 Å². The molecule has 3 rings (SSSR count). The molecule has 0 aliphatic rings. The molecule has 8 heteroatoms. The van der Waals surface area contributed by atoms with Crippen molar-refractivity contribution in [1.29, 1.82) is 0 Å². The number of carbonyl (C=O) groups excluding carboxylic acids is 1. The van der Waals surface area contributed by atoms with E-state index in [0.29, 0.717) is 11.4 Å². The lowest BCUT2D eigenvalue weighted by molar-refractivity contribution is 0.0947. The molecule has 0 spiro atoms. The van der Waals surface area contributed by atoms with E-state index in [0.717, 1.165) is 5.69 Å². The second-order valence-corrected chi connectivity index (χ2v) is 5.13. The lowest BCUT2D eigenvalue weighted by Crippen LogP contribution is -2.24. The summed E-state index contributed by atoms with van der Waals surface area (Å²) in [6.45, 7) is 2.03. The minimum absolute atomic E-state index is 0.0779. The van der Waals surface area contributed by atoms with E-state index in [2.05, 4.69) is 25.3 Å². The minimum Gasteiger partial charge on any atom is -0.438 e. The number of aryl methyl sites for hydroxylation is 1. The number of amides is 1. The molecule has 1 aromatic carbocycles. The highest BCUT2D eigenvalue weighted by Gasteiger charge is 2.15. The molecule has 0 atom stereocenters. The van der Waals surface area contributed by atoms with Gasteiger partial charge in [-0.05, 0) is 31.2 Å². The summed E-state index contributed by atoms with van der Waals surface area (Å²) >= 11 is 0. The number of rotatable bonds is 5. The molecule has 0 fully saturated rings. The summed E-state index contributed by atoms with van der Waals surface area (Å²) < 4.78 is 18.5. The second-order valence-electron chi connectivity index (χ2n) is 5.13. The van der Waals surface area contributed by atoms with Crippen LogP contribution in [0.5, 0.6) is 11.6 Å². The van der Waals surface area contributed by atoms with Crippen molar-refractivity contribution in [3.8, 4) is 11.6 Å². The van der Waals surface area contributed by atoms with E-state index in [4.69, 9.17) is 4.74 Å². The summed E-state index contributed by atoms with van der Waals surface area (Å²) in [6, 6.07) is 5.40. The van der Waals surface area contributed by atoms with Crippen molar-refractivity contribution >= 4 is 5.91 Å². The maximum Gasteiger partial charge on any atom is 0.258 e. The third-order valence-corrected chi connectivity index (χ3v) is 3.21. The fourth-order valence-corrected chi connectivity index (χ4v) is 1.95. The van der Waals surface area contributed by atoms with E-state index in [9.17, 15) is 9.18 Å². The van der Waals surface area contributed by atoms with Crippen molar-refractivity contribution in [1.82, 2.24) is 25.3 Å². The van der Waals surface area contributed by atoms with Gasteiger partial charge in [-0.2, -0.15) is 0 Å². The van der Waals surface area contributed by atoms with Crippen LogP contribution in [0, 0.1) is 12.7 Å². The highest BCUT2D eigenvalue weighted by molar-refractivity contribution is 5.96. The smallest absolute Gasteiger partial charge is 0.258 e. The zero-order valence-electron chi connectivity index (χ0n) is 13.3. The average Bonchev–Trinajstić information content (AvgIpc) is 2.63. The molecule has 0 aliphatic carbocycles. The molecular formula is C17H14FN5O2. The lowest BCUT2D eigenvalue weighted by Gasteiger charge is -2.09. The molecule has 7 nitrogen and oxygen atoms in total. The third-order valence-electron chi connectivity index (χ3n) is 3.21. The number of benzene rings is 1. The molecule has 25 heavy (non-hydrogen) atoms. The highest BCUT2D eigenvalue weighted by Crippen LogP contribution is 2.22. The molecule has 0 saturated heterocycles. The first-order valence-electron chi connectivity index (χ1n) is 7.41. The second kappa shape index (κ2) is 7.43. The third kappa shape index (κ3) is 4.31. The van der Waals surface area contributed by atoms with Crippen LogP contribution in [0.15, 0.2) is 49.2 Å². The maximum absolute atomic E-state index is 13.0. The van der Waals surface area contributed by atoms with Gasteiger partial charge < -0.3 is 10.1 Å². The van der Waals surface area contributed by atoms with Crippen molar-refractivity contribution in [3.05, 3.63) is 72.0 Å². The number of aromatic nitrogens is 4. The Labute approximate surface area is 143 Å². The van der Waals surface area contributed by atoms with Crippen LogP contribution in [0.1, 0.15) is 21.7 Å². The molecule has 0 bridgehead atoms. The summed E-state index contributed by atoms with van der Waals surface area (Å²) in [5.41, 5.74) is 1.57. The summed E-state index contributed by atoms with van der Waals surface area (Å²) in [4.78, 5) is 28.5. The topological polar surface area (TPSA) is 89.9 Å². The van der Waals surface area contributed by atoms with Crippen LogP contribution in [0.2, 0.25) is 0 Å². The first-order valence-corrected chi connectivity index (χ1v) is 7.41. The summed E-state index contributed by atoms with van der Waals surface area (Å²) in [5.74, 6) is -0.361. The van der Waals surface area contributed by atoms with Crippen LogP contribution in [0.4, 0.5) is 4.39 Å². The predicted molar refractivity (Wildman–Crippen MR) is 86.4 cm³/mol. The molecule has 0 radical (unpaired) electrons. The van der Waals surface area contributed by atoms with Gasteiger partial charge in [-0.25, -0.2) is 14.4 Å². The molecule has 0 saturated carbocycles. The molecule has 2 heterocycles. The molecule has 3 aromatic rings. The van der Waals surface area contributed by atoms with Crippen LogP contribution in [0.3, 0.4) is 0 Å². The number of ether oxygens (including phenoxy) is 1. The normalized spacial score (nSPS) is 10.3. The van der Waals surface area contributed by atoms with Gasteiger partial charge in [0, 0.05) is 12.4 Å². The van der Waals surface area contributed by atoms with Crippen LogP contribution >= 0.6 is 0 Å². The zero-order valence-corrected chi connectivity index (χ0v) is 13.3. The molecule has 2 aromatic heterocycles. The van der Waals surface area contributed by atoms with E-state index in [1.807, 2.05) is 6.92 Å². The number of halogens is 1. The van der Waals surface area contributed by atoms with Crippen molar-refractivity contribution in [2.45, 2.75) is 13.5 Å². The van der Waals surface area contributed by atoms with E-state index in [1.54, 1.807) is 12.4 Å². The van der Waals surface area contributed by atoms with Gasteiger partial charge in [-0.15, -0.1) is 0 Å². The molecule has 0 aliphatic heterocycles. The average molecular weight is 339 g/mol. The zero-order chi connectivity index (χ0) is 17.6. The largest absolute Gasteiger partial charge is 0.438 e. The van der Waals surface area contributed by atoms with Crippen LogP contribution in [-0.2, 0) is 6.54 Å². The highest BCUT2D eigenvalue weighted by atomic mass is 19.1. The Morgan fingerprint density at radius 1 is 1.12 bits per heavy atom. The van der Waals surface area contributed by atoms with Crippen LogP contribution in [-0.4, -0.2) is 25.8 Å². The number of hydrogen-bond donors (Lipinski definition) is 1. The van der Waals surface area contributed by atoms with E-state index in [1.165, 1.54) is 36.8 Å². The minimum atomic E-state index is -0.417. The monoisotopic (exact) mass is 339 g/mol. The van der Waals surface area contributed by atoms with Crippen LogP contribution in [0.25, 0.3) is 0 Å². The first-order chi connectivity index (χ1) is 12.1. The SMILES string of the molecule is Cc1cnc(CNC(=O)c2cncnc2Oc2ccc(F)cc2)cn1. The summed E-state index contributed by atoms with van der Waals surface area (Å²) in [6.07, 6.45) is 5.83. The van der Waals surface area contributed by atoms with Gasteiger partial charge in [-0.3, -0.25) is 14.8 Å². The molecule has 0 unspecified atom stereocenters. The van der Waals surface area contributed by atoms with Crippen molar-refractivity contribution in [2.24, 2.45) is 0 Å². The number of nitrogens with zero attached hydrogens (tertiary/aromatic N) is 4. The Bertz CT molecular complexity index is 869. The van der Waals surface area contributed by atoms with E-state index in [-0.39, 0.29) is 23.8 Å². The molecule has 126 valence electrons. The van der Waals surface area contributed by atoms with Crippen molar-refractivity contribution in [2.75, 3.05) is 0 Å². The van der Waals surface area contributed by atoms with Gasteiger partial charge >= 0.3 is 0 Å². The van der Waals surface area contributed by atoms with Gasteiger partial charge in [0.25, 0.3) is 5.91 Å². The number of hydrogen-bond acceptors (Lipinski definition) is 6. The Hall–Kier alpha value is -3.42. The van der Waals surface area contributed by atoms with Gasteiger partial charge in [0.1, 0.15) is 23.5 Å². The fraction of sp³-hybridized carbons (Fsp3) is 0.118. The Morgan fingerprint density at radius 2 is 1.92 bits per heavy atom. The Kier molecular flexibility index (Phi) is 4.89. The Balaban J connectivity index is 1.71. The first kappa shape index (κ1) is 16.4. The number of nitrogens with one attached hydrogen (secondary N) is 1. The van der Waals surface area contributed by atoms with Gasteiger partial charge in [0.2, 0.25) is 5.88 Å². The standard InChI is InChI=1S/C17H14FN5O2/c1-11-6-21-13(7-20-11)8-22-16(24)15-9-19-10-23-17(15)25-14-4-2-12(18)3-5-14/h2-7,9-10H,8H2,1H3,(H,22,24).